The minimum Gasteiger partial charge on any atom is -0.465 e. The molecule has 0 aromatic carbocycles. The number of carbonyl (C=O) groups is 2. The maximum Gasteiger partial charge on any atom is 0.407 e. The predicted molar refractivity (Wildman–Crippen MR) is 75.6 cm³/mol. The number of aromatic amines is 1. The largest absolute Gasteiger partial charge is 0.465 e. The predicted octanol–water partition coefficient (Wildman–Crippen LogP) is 1.17. The summed E-state index contributed by atoms with van der Waals surface area (Å²) in [5.41, 5.74) is 0.321. The van der Waals surface area contributed by atoms with Gasteiger partial charge in [0.1, 0.15) is 5.69 Å². The van der Waals surface area contributed by atoms with Crippen LogP contribution in [0.25, 0.3) is 0 Å². The summed E-state index contributed by atoms with van der Waals surface area (Å²) in [4.78, 5) is 25.9. The van der Waals surface area contributed by atoms with Gasteiger partial charge in [0.2, 0.25) is 0 Å². The molecule has 2 heterocycles. The van der Waals surface area contributed by atoms with Crippen molar-refractivity contribution in [3.8, 4) is 0 Å². The van der Waals surface area contributed by atoms with Gasteiger partial charge in [-0.3, -0.25) is 5.10 Å². The number of esters is 1. The Morgan fingerprint density at radius 1 is 1.52 bits per heavy atom. The molecular formula is C13H20N4O4. The molecule has 0 aliphatic carbocycles. The van der Waals surface area contributed by atoms with Crippen LogP contribution in [0.2, 0.25) is 0 Å². The topological polar surface area (TPSA) is 98.8 Å². The van der Waals surface area contributed by atoms with E-state index in [4.69, 9.17) is 9.84 Å². The third kappa shape index (κ3) is 3.45. The first-order valence-electron chi connectivity index (χ1n) is 6.96. The van der Waals surface area contributed by atoms with Crippen LogP contribution in [0.5, 0.6) is 0 Å². The molecule has 8 nitrogen and oxygen atoms in total. The number of aromatic nitrogens is 2. The van der Waals surface area contributed by atoms with E-state index in [1.807, 2.05) is 11.9 Å². The number of nitrogens with one attached hydrogen (secondary N) is 1. The van der Waals surface area contributed by atoms with Crippen LogP contribution in [0.1, 0.15) is 30.3 Å². The number of nitrogens with zero attached hydrogens (tertiary/aromatic N) is 3. The zero-order chi connectivity index (χ0) is 15.4. The summed E-state index contributed by atoms with van der Waals surface area (Å²) >= 11 is 0. The van der Waals surface area contributed by atoms with E-state index in [-0.39, 0.29) is 6.04 Å². The number of anilines is 1. The fourth-order valence-electron chi connectivity index (χ4n) is 2.44. The highest BCUT2D eigenvalue weighted by Crippen LogP contribution is 2.21. The number of ether oxygens (including phenoxy) is 1. The first kappa shape index (κ1) is 15.1. The van der Waals surface area contributed by atoms with Gasteiger partial charge in [-0.05, 0) is 19.8 Å². The molecule has 1 saturated heterocycles. The van der Waals surface area contributed by atoms with Crippen molar-refractivity contribution in [1.29, 1.82) is 0 Å². The lowest BCUT2D eigenvalue weighted by molar-refractivity contribution is 0.0519. The summed E-state index contributed by atoms with van der Waals surface area (Å²) < 4.78 is 4.91. The Morgan fingerprint density at radius 3 is 2.76 bits per heavy atom. The summed E-state index contributed by atoms with van der Waals surface area (Å²) in [6.45, 7) is 3.09. The highest BCUT2D eigenvalue weighted by molar-refractivity contribution is 5.88. The van der Waals surface area contributed by atoms with E-state index in [1.54, 1.807) is 13.0 Å². The Labute approximate surface area is 122 Å². The molecule has 2 N–H and O–H groups in total. The Bertz CT molecular complexity index is 508. The second-order valence-corrected chi connectivity index (χ2v) is 4.97. The molecule has 1 fully saturated rings. The normalized spacial score (nSPS) is 15.8. The summed E-state index contributed by atoms with van der Waals surface area (Å²) in [5.74, 6) is 0.233. The van der Waals surface area contributed by atoms with Crippen molar-refractivity contribution >= 4 is 17.9 Å². The standard InChI is InChI=1S/C13H20N4O4/c1-3-21-12(18)10-8-11(15-14-10)16(2)9-4-6-17(7-5-9)13(19)20/h8-9H,3-7H2,1-2H3,(H,14,15)(H,19,20). The summed E-state index contributed by atoms with van der Waals surface area (Å²) in [5, 5.41) is 15.7. The van der Waals surface area contributed by atoms with Crippen LogP contribution >= 0.6 is 0 Å². The number of hydrogen-bond donors (Lipinski definition) is 2. The van der Waals surface area contributed by atoms with Gasteiger partial charge in [-0.15, -0.1) is 0 Å². The highest BCUT2D eigenvalue weighted by atomic mass is 16.5. The zero-order valence-electron chi connectivity index (χ0n) is 12.2. The summed E-state index contributed by atoms with van der Waals surface area (Å²) in [6.07, 6.45) is 0.606. The van der Waals surface area contributed by atoms with Crippen LogP contribution in [-0.4, -0.2) is 65.1 Å². The SMILES string of the molecule is CCOC(=O)c1cc(N(C)C2CCN(C(=O)O)CC2)n[nH]1. The van der Waals surface area contributed by atoms with Crippen LogP contribution in [0.4, 0.5) is 10.6 Å². The van der Waals surface area contributed by atoms with Gasteiger partial charge in [0.25, 0.3) is 0 Å². The molecule has 8 heteroatoms. The van der Waals surface area contributed by atoms with Crippen molar-refractivity contribution in [3.05, 3.63) is 11.8 Å². The van der Waals surface area contributed by atoms with E-state index in [9.17, 15) is 9.59 Å². The Balaban J connectivity index is 1.96. The third-order valence-corrected chi connectivity index (χ3v) is 3.70. The molecule has 0 saturated carbocycles. The lowest BCUT2D eigenvalue weighted by Gasteiger charge is -2.35. The monoisotopic (exact) mass is 296 g/mol. The Hall–Kier alpha value is -2.25. The number of carbonyl (C=O) groups excluding carboxylic acids is 1. The minimum absolute atomic E-state index is 0.207. The number of likely N-dealkylation sites (tertiary alicyclic amines) is 1. The fourth-order valence-corrected chi connectivity index (χ4v) is 2.44. The maximum absolute atomic E-state index is 11.6. The molecule has 1 aromatic rings. The number of amides is 1. The van der Waals surface area contributed by atoms with Crippen molar-refractivity contribution in [2.24, 2.45) is 0 Å². The smallest absolute Gasteiger partial charge is 0.407 e. The van der Waals surface area contributed by atoms with Crippen molar-refractivity contribution < 1.29 is 19.4 Å². The average Bonchev–Trinajstić information content (AvgIpc) is 2.96. The molecule has 1 aliphatic rings. The highest BCUT2D eigenvalue weighted by Gasteiger charge is 2.26. The number of carboxylic acid groups (broad SMARTS) is 1. The molecule has 2 rings (SSSR count). The number of piperidine rings is 1. The fraction of sp³-hybridized carbons (Fsp3) is 0.615. The number of H-pyrrole nitrogens is 1. The lowest BCUT2D eigenvalue weighted by atomic mass is 10.0. The van der Waals surface area contributed by atoms with Crippen molar-refractivity contribution in [3.63, 3.8) is 0 Å². The molecule has 1 aromatic heterocycles. The second-order valence-electron chi connectivity index (χ2n) is 4.97. The molecule has 1 amide bonds. The van der Waals surface area contributed by atoms with Gasteiger partial charge in [-0.25, -0.2) is 9.59 Å². The minimum atomic E-state index is -0.875. The number of rotatable bonds is 4. The quantitative estimate of drug-likeness (QED) is 0.809. The van der Waals surface area contributed by atoms with Gasteiger partial charge in [0.15, 0.2) is 5.82 Å². The molecular weight excluding hydrogens is 276 g/mol. The molecule has 21 heavy (non-hydrogen) atoms. The van der Waals surface area contributed by atoms with Crippen molar-refractivity contribution in [1.82, 2.24) is 15.1 Å². The molecule has 116 valence electrons. The number of hydrogen-bond acceptors (Lipinski definition) is 5. The first-order valence-corrected chi connectivity index (χ1v) is 6.96. The van der Waals surface area contributed by atoms with E-state index in [1.165, 1.54) is 4.90 Å². The van der Waals surface area contributed by atoms with Crippen LogP contribution in [0.15, 0.2) is 6.07 Å². The van der Waals surface area contributed by atoms with Gasteiger partial charge in [-0.2, -0.15) is 5.10 Å². The second kappa shape index (κ2) is 6.47. The molecule has 0 radical (unpaired) electrons. The van der Waals surface area contributed by atoms with E-state index < -0.39 is 12.1 Å². The van der Waals surface area contributed by atoms with E-state index in [2.05, 4.69) is 10.2 Å². The van der Waals surface area contributed by atoms with Crippen molar-refractivity contribution in [2.45, 2.75) is 25.8 Å². The first-order chi connectivity index (χ1) is 10.0. The van der Waals surface area contributed by atoms with Gasteiger partial charge in [0.05, 0.1) is 6.61 Å². The van der Waals surface area contributed by atoms with Crippen LogP contribution in [-0.2, 0) is 4.74 Å². The van der Waals surface area contributed by atoms with Gasteiger partial charge < -0.3 is 19.6 Å². The average molecular weight is 296 g/mol. The third-order valence-electron chi connectivity index (χ3n) is 3.70. The molecule has 0 spiro atoms. The van der Waals surface area contributed by atoms with E-state index in [0.717, 1.165) is 12.8 Å². The summed E-state index contributed by atoms with van der Waals surface area (Å²) in [6, 6.07) is 1.86. The van der Waals surface area contributed by atoms with Gasteiger partial charge in [0, 0.05) is 32.2 Å². The molecule has 0 bridgehead atoms. The van der Waals surface area contributed by atoms with Gasteiger partial charge >= 0.3 is 12.1 Å². The molecule has 0 unspecified atom stereocenters. The lowest BCUT2D eigenvalue weighted by Crippen LogP contribution is -2.45. The van der Waals surface area contributed by atoms with E-state index >= 15 is 0 Å². The van der Waals surface area contributed by atoms with Gasteiger partial charge in [-0.1, -0.05) is 0 Å². The zero-order valence-corrected chi connectivity index (χ0v) is 12.2. The van der Waals surface area contributed by atoms with Crippen LogP contribution in [0, 0.1) is 0 Å². The van der Waals surface area contributed by atoms with Crippen molar-refractivity contribution in [2.75, 3.05) is 31.6 Å². The Kier molecular flexibility index (Phi) is 4.66. The summed E-state index contributed by atoms with van der Waals surface area (Å²) in [7, 11) is 1.90. The van der Waals surface area contributed by atoms with Crippen LogP contribution in [0.3, 0.4) is 0 Å². The van der Waals surface area contributed by atoms with E-state index in [0.29, 0.717) is 31.2 Å². The molecule has 0 atom stereocenters. The molecule has 1 aliphatic heterocycles. The van der Waals surface area contributed by atoms with Crippen LogP contribution < -0.4 is 4.90 Å². The maximum atomic E-state index is 11.6. The Morgan fingerprint density at radius 2 is 2.19 bits per heavy atom.